The summed E-state index contributed by atoms with van der Waals surface area (Å²) >= 11 is 0. The molecular formula is C9H10N2O2. The largest absolute Gasteiger partial charge is 0.365 e. The monoisotopic (exact) mass is 178 g/mol. The quantitative estimate of drug-likeness (QED) is 0.394. The Labute approximate surface area is 75.9 Å². The topological polar surface area (TPSA) is 46.1 Å². The standard InChI is InChI=1S/C9H10N2O2/c1-7-6-10(7)8-2-4-9(5-3-8)11(12)13/h2-5,7H,6H2,1H3. The van der Waals surface area contributed by atoms with Crippen LogP contribution in [-0.4, -0.2) is 17.5 Å². The third kappa shape index (κ3) is 1.47. The molecule has 13 heavy (non-hydrogen) atoms. The summed E-state index contributed by atoms with van der Waals surface area (Å²) in [6.07, 6.45) is 0. The molecule has 68 valence electrons. The third-order valence-corrected chi connectivity index (χ3v) is 2.25. The maximum atomic E-state index is 10.4. The van der Waals surface area contributed by atoms with E-state index in [2.05, 4.69) is 11.8 Å². The predicted octanol–water partition coefficient (Wildman–Crippen LogP) is 1.80. The maximum Gasteiger partial charge on any atom is 0.269 e. The maximum absolute atomic E-state index is 10.4. The zero-order valence-corrected chi connectivity index (χ0v) is 7.30. The van der Waals surface area contributed by atoms with Gasteiger partial charge in [0.05, 0.1) is 4.92 Å². The molecule has 0 aliphatic carbocycles. The van der Waals surface area contributed by atoms with E-state index in [1.807, 2.05) is 0 Å². The SMILES string of the molecule is CC1CN1c1ccc([N+](=O)[O-])cc1. The van der Waals surface area contributed by atoms with Crippen molar-refractivity contribution in [1.82, 2.24) is 0 Å². The Bertz CT molecular complexity index is 334. The molecule has 4 nitrogen and oxygen atoms in total. The van der Waals surface area contributed by atoms with Gasteiger partial charge in [-0.05, 0) is 19.1 Å². The minimum atomic E-state index is -0.380. The van der Waals surface area contributed by atoms with Crippen LogP contribution in [0.15, 0.2) is 24.3 Å². The minimum absolute atomic E-state index is 0.151. The molecule has 1 saturated heterocycles. The van der Waals surface area contributed by atoms with Gasteiger partial charge in [-0.2, -0.15) is 0 Å². The molecule has 1 heterocycles. The van der Waals surface area contributed by atoms with E-state index in [9.17, 15) is 10.1 Å². The molecular weight excluding hydrogens is 168 g/mol. The van der Waals surface area contributed by atoms with Crippen molar-refractivity contribution in [3.05, 3.63) is 34.4 Å². The fraction of sp³-hybridized carbons (Fsp3) is 0.333. The summed E-state index contributed by atoms with van der Waals surface area (Å²) in [6.45, 7) is 3.18. The molecule has 0 spiro atoms. The molecule has 1 unspecified atom stereocenters. The second kappa shape index (κ2) is 2.73. The molecule has 0 N–H and O–H groups in total. The average molecular weight is 178 g/mol. The van der Waals surface area contributed by atoms with E-state index in [0.29, 0.717) is 6.04 Å². The van der Waals surface area contributed by atoms with Crippen LogP contribution in [0.2, 0.25) is 0 Å². The Balaban J connectivity index is 2.19. The second-order valence-electron chi connectivity index (χ2n) is 3.27. The van der Waals surface area contributed by atoms with E-state index in [1.165, 1.54) is 0 Å². The molecule has 0 saturated carbocycles. The lowest BCUT2D eigenvalue weighted by Crippen LogP contribution is -1.95. The first-order valence-electron chi connectivity index (χ1n) is 4.19. The highest BCUT2D eigenvalue weighted by molar-refractivity contribution is 5.56. The van der Waals surface area contributed by atoms with Gasteiger partial charge in [-0.3, -0.25) is 10.1 Å². The first-order chi connectivity index (χ1) is 6.18. The summed E-state index contributed by atoms with van der Waals surface area (Å²) in [5, 5.41) is 10.4. The molecule has 0 bridgehead atoms. The van der Waals surface area contributed by atoms with E-state index in [-0.39, 0.29) is 10.6 Å². The lowest BCUT2D eigenvalue weighted by atomic mass is 10.3. The van der Waals surface area contributed by atoms with E-state index in [0.717, 1.165) is 12.2 Å². The molecule has 1 atom stereocenters. The van der Waals surface area contributed by atoms with Crippen molar-refractivity contribution in [2.24, 2.45) is 0 Å². The van der Waals surface area contributed by atoms with Crippen molar-refractivity contribution in [2.45, 2.75) is 13.0 Å². The van der Waals surface area contributed by atoms with E-state index < -0.39 is 0 Å². The fourth-order valence-electron chi connectivity index (χ4n) is 1.36. The van der Waals surface area contributed by atoms with Crippen LogP contribution in [0.4, 0.5) is 11.4 Å². The Morgan fingerprint density at radius 3 is 2.38 bits per heavy atom. The Kier molecular flexibility index (Phi) is 1.69. The van der Waals surface area contributed by atoms with Crippen molar-refractivity contribution in [3.8, 4) is 0 Å². The molecule has 2 rings (SSSR count). The number of nitro benzene ring substituents is 1. The summed E-state index contributed by atoms with van der Waals surface area (Å²) in [5.41, 5.74) is 1.22. The van der Waals surface area contributed by atoms with Crippen LogP contribution >= 0.6 is 0 Å². The summed E-state index contributed by atoms with van der Waals surface area (Å²) in [5.74, 6) is 0. The summed E-state index contributed by atoms with van der Waals surface area (Å²) < 4.78 is 0. The number of anilines is 1. The van der Waals surface area contributed by atoms with Gasteiger partial charge >= 0.3 is 0 Å². The summed E-state index contributed by atoms with van der Waals surface area (Å²) in [6, 6.07) is 7.26. The minimum Gasteiger partial charge on any atom is -0.365 e. The van der Waals surface area contributed by atoms with Gasteiger partial charge in [0, 0.05) is 30.4 Å². The van der Waals surface area contributed by atoms with Crippen LogP contribution in [0.25, 0.3) is 0 Å². The van der Waals surface area contributed by atoms with Crippen molar-refractivity contribution in [2.75, 3.05) is 11.4 Å². The van der Waals surface area contributed by atoms with Gasteiger partial charge in [-0.1, -0.05) is 0 Å². The van der Waals surface area contributed by atoms with E-state index in [1.54, 1.807) is 24.3 Å². The molecule has 1 fully saturated rings. The Morgan fingerprint density at radius 2 is 2.00 bits per heavy atom. The molecule has 1 aliphatic heterocycles. The number of nitrogens with zero attached hydrogens (tertiary/aromatic N) is 2. The predicted molar refractivity (Wildman–Crippen MR) is 49.9 cm³/mol. The second-order valence-corrected chi connectivity index (χ2v) is 3.27. The van der Waals surface area contributed by atoms with Gasteiger partial charge in [-0.25, -0.2) is 0 Å². The van der Waals surface area contributed by atoms with Crippen molar-refractivity contribution in [3.63, 3.8) is 0 Å². The normalized spacial score (nSPS) is 20.1. The van der Waals surface area contributed by atoms with Crippen LogP contribution < -0.4 is 4.90 Å². The molecule has 1 aliphatic rings. The van der Waals surface area contributed by atoms with E-state index in [4.69, 9.17) is 0 Å². The smallest absolute Gasteiger partial charge is 0.269 e. The van der Waals surface area contributed by atoms with Crippen LogP contribution in [-0.2, 0) is 0 Å². The number of nitro groups is 1. The highest BCUT2D eigenvalue weighted by Gasteiger charge is 2.29. The average Bonchev–Trinajstić information content (AvgIpc) is 2.83. The zero-order chi connectivity index (χ0) is 9.42. The number of hydrogen-bond acceptors (Lipinski definition) is 3. The van der Waals surface area contributed by atoms with Gasteiger partial charge in [-0.15, -0.1) is 0 Å². The summed E-state index contributed by atoms with van der Waals surface area (Å²) in [4.78, 5) is 12.2. The van der Waals surface area contributed by atoms with Crippen LogP contribution in [0, 0.1) is 10.1 Å². The van der Waals surface area contributed by atoms with Crippen molar-refractivity contribution < 1.29 is 4.92 Å². The lowest BCUT2D eigenvalue weighted by Gasteiger charge is -2.01. The van der Waals surface area contributed by atoms with E-state index >= 15 is 0 Å². The number of non-ortho nitro benzene ring substituents is 1. The molecule has 1 aromatic rings. The fourth-order valence-corrected chi connectivity index (χ4v) is 1.36. The molecule has 0 radical (unpaired) electrons. The molecule has 4 heteroatoms. The van der Waals surface area contributed by atoms with Crippen LogP contribution in [0.3, 0.4) is 0 Å². The van der Waals surface area contributed by atoms with Crippen molar-refractivity contribution >= 4 is 11.4 Å². The van der Waals surface area contributed by atoms with Gasteiger partial charge in [0.15, 0.2) is 0 Å². The number of benzene rings is 1. The van der Waals surface area contributed by atoms with Gasteiger partial charge in [0.1, 0.15) is 0 Å². The highest BCUT2D eigenvalue weighted by atomic mass is 16.6. The Hall–Kier alpha value is -1.58. The lowest BCUT2D eigenvalue weighted by molar-refractivity contribution is -0.384. The molecule has 0 amide bonds. The Morgan fingerprint density at radius 1 is 1.46 bits per heavy atom. The van der Waals surface area contributed by atoms with Gasteiger partial charge < -0.3 is 4.90 Å². The molecule has 0 aromatic heterocycles. The third-order valence-electron chi connectivity index (χ3n) is 2.25. The van der Waals surface area contributed by atoms with Crippen molar-refractivity contribution in [1.29, 1.82) is 0 Å². The first-order valence-corrected chi connectivity index (χ1v) is 4.19. The molecule has 1 aromatic carbocycles. The summed E-state index contributed by atoms with van der Waals surface area (Å²) in [7, 11) is 0. The van der Waals surface area contributed by atoms with Crippen LogP contribution in [0.1, 0.15) is 6.92 Å². The van der Waals surface area contributed by atoms with Crippen LogP contribution in [0.5, 0.6) is 0 Å². The first kappa shape index (κ1) is 8.04. The zero-order valence-electron chi connectivity index (χ0n) is 7.30. The number of rotatable bonds is 2. The van der Waals surface area contributed by atoms with Gasteiger partial charge in [0.25, 0.3) is 5.69 Å². The number of hydrogen-bond donors (Lipinski definition) is 0. The highest BCUT2D eigenvalue weighted by Crippen LogP contribution is 2.28. The van der Waals surface area contributed by atoms with Gasteiger partial charge in [0.2, 0.25) is 0 Å².